The van der Waals surface area contributed by atoms with E-state index in [0.717, 1.165) is 61.6 Å². The first-order chi connectivity index (χ1) is 61.6. The number of carboxylic acid groups (broad SMARTS) is 1. The van der Waals surface area contributed by atoms with Gasteiger partial charge in [0.2, 0.25) is 70.9 Å². The van der Waals surface area contributed by atoms with Gasteiger partial charge < -0.3 is 113 Å². The maximum absolute atomic E-state index is 15.6. The Morgan fingerprint density at radius 3 is 1.86 bits per heavy atom. The molecule has 43 nitrogen and oxygen atoms in total. The number of carbonyl (C=O) groups is 13. The highest BCUT2D eigenvalue weighted by Gasteiger charge is 2.43. The number of amides is 12. The summed E-state index contributed by atoms with van der Waals surface area (Å²) >= 11 is 0. The summed E-state index contributed by atoms with van der Waals surface area (Å²) in [5, 5.41) is 84.9. The monoisotopic (exact) mass is 1800 g/mol. The molecule has 4 aromatic carbocycles. The lowest BCUT2D eigenvalue weighted by molar-refractivity contribution is -0.143. The Balaban J connectivity index is 1.12. The number of nitrogens with zero attached hydrogens (tertiary/aromatic N) is 7. The van der Waals surface area contributed by atoms with E-state index in [1.807, 2.05) is 49.4 Å². The molecule has 0 aliphatic rings. The number of nitrogens with one attached hydrogen (secondary N) is 13. The van der Waals surface area contributed by atoms with Crippen LogP contribution in [-0.4, -0.2) is 274 Å². The first-order valence-electron chi connectivity index (χ1n) is 42.1. The number of aliphatic carboxylic acids is 1. The molecule has 6 aromatic rings. The molecular weight excluding hydrogens is 1690 g/mol. The van der Waals surface area contributed by atoms with Gasteiger partial charge >= 0.3 is 5.97 Å². The maximum atomic E-state index is 15.6. The van der Waals surface area contributed by atoms with Gasteiger partial charge in [0.1, 0.15) is 64.8 Å². The Hall–Kier alpha value is -13.0. The van der Waals surface area contributed by atoms with Crippen molar-refractivity contribution < 1.29 is 111 Å². The molecule has 12 amide bonds. The van der Waals surface area contributed by atoms with Crippen LogP contribution in [0.1, 0.15) is 126 Å². The fraction of sp³-hybridized carbons (Fsp3) is 0.518. The molecule has 0 fully saturated rings. The lowest BCUT2D eigenvalue weighted by Gasteiger charge is -2.34. The highest BCUT2D eigenvalue weighted by Crippen LogP contribution is 2.30. The number of ether oxygens (including phenoxy) is 5. The Bertz CT molecular complexity index is 4680. The lowest BCUT2D eigenvalue weighted by Crippen LogP contribution is -2.66. The molecule has 0 aliphatic carbocycles. The number of imidazole rings is 1. The summed E-state index contributed by atoms with van der Waals surface area (Å²) in [4.78, 5) is 189. The van der Waals surface area contributed by atoms with Crippen molar-refractivity contribution in [2.24, 2.45) is 16.3 Å². The number of H-pyrrole nitrogens is 2. The number of nitrogens with two attached hydrogens (primary N) is 1. The molecule has 702 valence electrons. The fourth-order valence-electron chi connectivity index (χ4n) is 12.7. The number of aryl methyl sites for hydroxylation is 2. The van der Waals surface area contributed by atoms with Crippen molar-refractivity contribution in [2.75, 3.05) is 85.7 Å². The molecule has 19 N–H and O–H groups in total. The van der Waals surface area contributed by atoms with Crippen LogP contribution in [0.4, 0.5) is 4.39 Å². The topological polar surface area (TPSA) is 639 Å². The second kappa shape index (κ2) is 54.9. The van der Waals surface area contributed by atoms with Crippen LogP contribution in [0.3, 0.4) is 0 Å². The van der Waals surface area contributed by atoms with E-state index < -0.39 is 168 Å². The first-order valence-corrected chi connectivity index (χ1v) is 42.1. The maximum Gasteiger partial charge on any atom is 0.305 e. The molecule has 0 aliphatic heterocycles. The van der Waals surface area contributed by atoms with Crippen LogP contribution in [0.5, 0.6) is 5.75 Å². The highest BCUT2D eigenvalue weighted by atomic mass is 19.1. The van der Waals surface area contributed by atoms with Crippen LogP contribution in [-0.2, 0) is 126 Å². The van der Waals surface area contributed by atoms with E-state index in [1.165, 1.54) is 38.4 Å². The average Bonchev–Trinajstić information content (AvgIpc) is 1.13. The van der Waals surface area contributed by atoms with Gasteiger partial charge in [-0.15, -0.1) is 10.2 Å². The predicted octanol–water partition coefficient (Wildman–Crippen LogP) is -0.612. The second-order valence-electron chi connectivity index (χ2n) is 31.0. The van der Waals surface area contributed by atoms with Gasteiger partial charge in [0.25, 0.3) is 0 Å². The van der Waals surface area contributed by atoms with Crippen molar-refractivity contribution in [3.63, 3.8) is 0 Å². The van der Waals surface area contributed by atoms with E-state index in [1.54, 1.807) is 30.5 Å². The van der Waals surface area contributed by atoms with E-state index in [9.17, 15) is 77.6 Å². The van der Waals surface area contributed by atoms with Crippen molar-refractivity contribution >= 4 is 76.9 Å². The number of carboxylic acids is 1. The van der Waals surface area contributed by atoms with E-state index in [0.29, 0.717) is 102 Å². The van der Waals surface area contributed by atoms with E-state index in [4.69, 9.17) is 40.1 Å². The zero-order valence-electron chi connectivity index (χ0n) is 73.1. The van der Waals surface area contributed by atoms with Gasteiger partial charge in [-0.25, -0.2) is 9.37 Å². The number of aromatic amines is 2. The van der Waals surface area contributed by atoms with Crippen molar-refractivity contribution in [1.82, 2.24) is 89.1 Å². The number of primary amides is 1. The van der Waals surface area contributed by atoms with Gasteiger partial charge in [-0.05, 0) is 143 Å². The fourth-order valence-corrected chi connectivity index (χ4v) is 12.7. The normalized spacial score (nSPS) is 13.8. The molecule has 0 radical (unpaired) electrons. The lowest BCUT2D eigenvalue weighted by atomic mass is 9.90. The number of rotatable bonds is 61. The number of azide groups is 1. The molecule has 6 rings (SSSR count). The number of unbranched alkanes of at least 4 members (excludes halogenated alkanes) is 1. The van der Waals surface area contributed by atoms with Crippen molar-refractivity contribution in [1.29, 1.82) is 0 Å². The summed E-state index contributed by atoms with van der Waals surface area (Å²) in [6, 6.07) is 12.6. The van der Waals surface area contributed by atoms with Crippen LogP contribution in [0, 0.1) is 11.2 Å². The van der Waals surface area contributed by atoms with Crippen LogP contribution in [0.2, 0.25) is 0 Å². The summed E-state index contributed by atoms with van der Waals surface area (Å²) in [5.74, 6) is -14.1. The standard InChI is InChI=1S/C85H118FN21O22/c1-8-57-43-61(129-33-12-11-30-94-105-88)26-27-62(57)58-24-22-55(23-25-58)42-65(77(118)96-64(74(87)115)17-13-14-54-18-20-56(21-19-54)47-91-69(111)29-34-125-36-38-127-40-41-128-39-37-126-35-32-108)98-78(119)67(45-71(113)114)97-75(116)51(2)95-79(120)72(52(3)109)101-83(124)85(7,46-59-15-9-10-16-63(59)86)102-80(121)73(53(4)110)100-70(112)49-92-76(117)66(44-68-103-106-107-104-68)99-82(123)84(5,6)81(122)90-31-28-60-48-89-50-93-60/h9-10,15-16,18-27,43,48,50-53,64-67,72-73,108-110H,8,11-14,17,28-42,44-47,49H2,1-7H3,(H2,87,115)(H,89,93)(H,90,122)(H,91,111)(H,92,117)(H,95,120)(H,96,118)(H,97,116)(H,98,119)(H,99,123)(H,100,112)(H,101,124)(H,102,121)(H,113,114)(H,103,104,106,107)/t51-,52+,53+,64-,65-,66-,67-,72-,73-,85?/m0/s1. The van der Waals surface area contributed by atoms with E-state index in [-0.39, 0.29) is 76.1 Å². The van der Waals surface area contributed by atoms with Crippen molar-refractivity contribution in [2.45, 2.75) is 192 Å². The molecule has 0 saturated heterocycles. The van der Waals surface area contributed by atoms with Crippen LogP contribution in [0.25, 0.3) is 21.6 Å². The summed E-state index contributed by atoms with van der Waals surface area (Å²) < 4.78 is 43.0. The van der Waals surface area contributed by atoms with Gasteiger partial charge in [0.15, 0.2) is 5.82 Å². The van der Waals surface area contributed by atoms with E-state index >= 15 is 4.39 Å². The summed E-state index contributed by atoms with van der Waals surface area (Å²) in [5.41, 5.74) is 15.5. The number of carbonyl (C=O) groups excluding carboxylic acids is 12. The van der Waals surface area contributed by atoms with E-state index in [2.05, 4.69) is 99.1 Å². The molecule has 0 spiro atoms. The SMILES string of the molecule is CCc1cc(OCCCCN=[N+]=[N-])ccc1-c1ccc(C[C@H](NC(=O)[C@H](CC(=O)O)NC(=O)[C@H](C)NC(=O)[C@@H](NC(=O)C(C)(Cc2ccccc2F)NC(=O)[C@@H](NC(=O)CNC(=O)[C@H](Cc2nn[nH]n2)NC(=O)C(C)(C)C(=O)NCCc2cnc[nH]2)[C@@H](C)O)[C@@H](C)O)C(=O)N[C@@H](CCCc2ccc(CNC(=O)CCOCCOCCOCCOCCO)cc2)C(N)=O)cc1. The van der Waals surface area contributed by atoms with Gasteiger partial charge in [0.05, 0.1) is 97.6 Å². The quantitative estimate of drug-likeness (QED) is 0.00744. The third-order valence-electron chi connectivity index (χ3n) is 20.2. The molecule has 0 saturated carbocycles. The van der Waals surface area contributed by atoms with Gasteiger partial charge in [0, 0.05) is 68.5 Å². The second-order valence-corrected chi connectivity index (χ2v) is 31.0. The first kappa shape index (κ1) is 105. The number of aliphatic hydroxyl groups is 3. The van der Waals surface area contributed by atoms with Gasteiger partial charge in [-0.2, -0.15) is 5.21 Å². The molecule has 10 atom stereocenters. The van der Waals surface area contributed by atoms with Crippen LogP contribution in [0.15, 0.2) is 109 Å². The molecule has 44 heteroatoms. The zero-order chi connectivity index (χ0) is 94.4. The number of tetrazole rings is 1. The number of benzene rings is 4. The molecule has 2 aromatic heterocycles. The number of halogens is 1. The zero-order valence-corrected chi connectivity index (χ0v) is 73.1. The number of hydrogen-bond donors (Lipinski definition) is 18. The minimum Gasteiger partial charge on any atom is -0.494 e. The predicted molar refractivity (Wildman–Crippen MR) is 461 cm³/mol. The highest BCUT2D eigenvalue weighted by molar-refractivity contribution is 6.06. The third kappa shape index (κ3) is 36.7. The minimum absolute atomic E-state index is 0.00262. The van der Waals surface area contributed by atoms with Crippen LogP contribution < -0.4 is 69.0 Å². The summed E-state index contributed by atoms with van der Waals surface area (Å²) in [6.07, 6.45) is -0.0864. The third-order valence-corrected chi connectivity index (χ3v) is 20.2. The average molecular weight is 1810 g/mol. The molecular formula is C85H118FN21O22. The van der Waals surface area contributed by atoms with Gasteiger partial charge in [-0.3, -0.25) is 62.3 Å². The minimum atomic E-state index is -2.38. The Morgan fingerprint density at radius 2 is 1.24 bits per heavy atom. The molecule has 0 bridgehead atoms. The van der Waals surface area contributed by atoms with Crippen LogP contribution >= 0.6 is 0 Å². The number of hydrogen-bond acceptors (Lipinski definition) is 26. The number of aliphatic hydroxyl groups excluding tert-OH is 3. The summed E-state index contributed by atoms with van der Waals surface area (Å²) in [6.45, 7) is 11.4. The Labute approximate surface area is 743 Å². The Kier molecular flexibility index (Phi) is 44.6. The molecule has 129 heavy (non-hydrogen) atoms. The smallest absolute Gasteiger partial charge is 0.305 e. The molecule has 1 unspecified atom stereocenters. The molecule has 2 heterocycles. The summed E-state index contributed by atoms with van der Waals surface area (Å²) in [7, 11) is 0. The van der Waals surface area contributed by atoms with Gasteiger partial charge in [-0.1, -0.05) is 90.0 Å². The number of aromatic nitrogens is 6. The van der Waals surface area contributed by atoms with Crippen molar-refractivity contribution in [3.8, 4) is 16.9 Å². The van der Waals surface area contributed by atoms with Crippen molar-refractivity contribution in [3.05, 3.63) is 159 Å². The Morgan fingerprint density at radius 1 is 0.612 bits per heavy atom. The largest absolute Gasteiger partial charge is 0.494 e.